The lowest BCUT2D eigenvalue weighted by Gasteiger charge is -2.11. The second kappa shape index (κ2) is 10.6. The number of aromatic nitrogens is 6. The summed E-state index contributed by atoms with van der Waals surface area (Å²) in [6.07, 6.45) is 1.92. The fourth-order valence-corrected chi connectivity index (χ4v) is 6.29. The van der Waals surface area contributed by atoms with Crippen LogP contribution in [0.5, 0.6) is 0 Å². The molecule has 46 heavy (non-hydrogen) atoms. The van der Waals surface area contributed by atoms with E-state index in [4.69, 9.17) is 19.9 Å². The molecule has 3 aromatic heterocycles. The Hall–Kier alpha value is -6.40. The Balaban J connectivity index is 1.21. The van der Waals surface area contributed by atoms with Crippen LogP contribution in [-0.2, 0) is 0 Å². The molecule has 9 rings (SSSR count). The minimum Gasteiger partial charge on any atom is -0.307 e. The van der Waals surface area contributed by atoms with Gasteiger partial charge in [-0.05, 0) is 54.6 Å². The normalized spacial score (nSPS) is 11.5. The van der Waals surface area contributed by atoms with Gasteiger partial charge in [-0.15, -0.1) is 0 Å². The van der Waals surface area contributed by atoms with Gasteiger partial charge in [0.2, 0.25) is 0 Å². The molecule has 0 aliphatic rings. The quantitative estimate of drug-likeness (QED) is 0.200. The summed E-state index contributed by atoms with van der Waals surface area (Å²) in [5.74, 6) is 1.92. The summed E-state index contributed by atoms with van der Waals surface area (Å²) in [5, 5.41) is 2.36. The van der Waals surface area contributed by atoms with E-state index in [0.717, 1.165) is 50.1 Å². The van der Waals surface area contributed by atoms with Gasteiger partial charge in [0.25, 0.3) is 0 Å². The smallest absolute Gasteiger partial charge is 0.164 e. The molecule has 0 saturated carbocycles. The van der Waals surface area contributed by atoms with Gasteiger partial charge in [-0.2, -0.15) is 0 Å². The molecule has 0 spiro atoms. The van der Waals surface area contributed by atoms with E-state index in [1.54, 1.807) is 0 Å². The molecule has 0 unspecified atom stereocenters. The van der Waals surface area contributed by atoms with Crippen molar-refractivity contribution in [2.75, 3.05) is 0 Å². The summed E-state index contributed by atoms with van der Waals surface area (Å²) >= 11 is 0. The predicted octanol–water partition coefficient (Wildman–Crippen LogP) is 9.31. The van der Waals surface area contributed by atoms with Gasteiger partial charge in [-0.1, -0.05) is 97.1 Å². The molecular weight excluding hydrogens is 564 g/mol. The van der Waals surface area contributed by atoms with Crippen LogP contribution >= 0.6 is 0 Å². The maximum atomic E-state index is 4.96. The SMILES string of the molecule is c1ccc(-c2nc(-c3ccccc3)nc(-c3ccc(-n4c5ccccc5c5ccc6c(ncn6-c6ccccc6)c54)cc3)n2)cc1. The monoisotopic (exact) mass is 590 g/mol. The van der Waals surface area contributed by atoms with Crippen LogP contribution in [-0.4, -0.2) is 29.1 Å². The molecule has 0 fully saturated rings. The highest BCUT2D eigenvalue weighted by Crippen LogP contribution is 2.37. The Morgan fingerprint density at radius 2 is 0.935 bits per heavy atom. The molecule has 0 radical (unpaired) electrons. The molecule has 216 valence electrons. The molecule has 3 heterocycles. The molecular formula is C40H26N6. The van der Waals surface area contributed by atoms with Crippen molar-refractivity contribution in [3.8, 4) is 45.5 Å². The fraction of sp³-hybridized carbons (Fsp3) is 0. The van der Waals surface area contributed by atoms with Gasteiger partial charge in [0.1, 0.15) is 11.8 Å². The highest BCUT2D eigenvalue weighted by atomic mass is 15.1. The van der Waals surface area contributed by atoms with Crippen molar-refractivity contribution in [1.82, 2.24) is 29.1 Å². The molecule has 0 N–H and O–H groups in total. The molecule has 0 atom stereocenters. The average Bonchev–Trinajstić information content (AvgIpc) is 3.72. The molecule has 6 nitrogen and oxygen atoms in total. The molecule has 6 heteroatoms. The van der Waals surface area contributed by atoms with Crippen LogP contribution in [0.3, 0.4) is 0 Å². The van der Waals surface area contributed by atoms with Gasteiger partial charge in [0, 0.05) is 38.8 Å². The molecule has 6 aromatic carbocycles. The van der Waals surface area contributed by atoms with Crippen molar-refractivity contribution in [2.24, 2.45) is 0 Å². The van der Waals surface area contributed by atoms with Crippen molar-refractivity contribution in [2.45, 2.75) is 0 Å². The Morgan fingerprint density at radius 1 is 0.391 bits per heavy atom. The van der Waals surface area contributed by atoms with Crippen molar-refractivity contribution in [3.05, 3.63) is 158 Å². The number of hydrogen-bond acceptors (Lipinski definition) is 4. The third-order valence-electron chi connectivity index (χ3n) is 8.47. The topological polar surface area (TPSA) is 61.4 Å². The van der Waals surface area contributed by atoms with Crippen LogP contribution in [0.1, 0.15) is 0 Å². The first-order valence-corrected chi connectivity index (χ1v) is 15.2. The van der Waals surface area contributed by atoms with Crippen molar-refractivity contribution >= 4 is 32.8 Å². The number of benzene rings is 6. The number of nitrogens with zero attached hydrogens (tertiary/aromatic N) is 6. The maximum absolute atomic E-state index is 4.96. The zero-order valence-corrected chi connectivity index (χ0v) is 24.7. The Morgan fingerprint density at radius 3 is 1.57 bits per heavy atom. The Labute approximate surface area is 264 Å². The first-order chi connectivity index (χ1) is 22.8. The second-order valence-electron chi connectivity index (χ2n) is 11.2. The minimum atomic E-state index is 0.630. The first-order valence-electron chi connectivity index (χ1n) is 15.2. The average molecular weight is 591 g/mol. The largest absolute Gasteiger partial charge is 0.307 e. The van der Waals surface area contributed by atoms with Crippen LogP contribution < -0.4 is 0 Å². The van der Waals surface area contributed by atoms with E-state index in [0.29, 0.717) is 17.5 Å². The Bertz CT molecular complexity index is 2440. The predicted molar refractivity (Wildman–Crippen MR) is 185 cm³/mol. The molecule has 0 amide bonds. The first kappa shape index (κ1) is 26.0. The molecule has 0 saturated heterocycles. The highest BCUT2D eigenvalue weighted by Gasteiger charge is 2.18. The van der Waals surface area contributed by atoms with Crippen molar-refractivity contribution in [3.63, 3.8) is 0 Å². The summed E-state index contributed by atoms with van der Waals surface area (Å²) in [6.45, 7) is 0. The molecule has 0 aliphatic heterocycles. The van der Waals surface area contributed by atoms with Crippen LogP contribution in [0.2, 0.25) is 0 Å². The van der Waals surface area contributed by atoms with E-state index in [-0.39, 0.29) is 0 Å². The van der Waals surface area contributed by atoms with Crippen LogP contribution in [0.4, 0.5) is 0 Å². The lowest BCUT2D eigenvalue weighted by Crippen LogP contribution is -2.00. The Kier molecular flexibility index (Phi) is 6.03. The number of imidazole rings is 1. The summed E-state index contributed by atoms with van der Waals surface area (Å²) in [4.78, 5) is 19.7. The van der Waals surface area contributed by atoms with Crippen LogP contribution in [0, 0.1) is 0 Å². The summed E-state index contributed by atoms with van der Waals surface area (Å²) < 4.78 is 4.46. The van der Waals surface area contributed by atoms with E-state index in [1.807, 2.05) is 73.1 Å². The number of fused-ring (bicyclic) bond motifs is 5. The van der Waals surface area contributed by atoms with Crippen LogP contribution in [0.25, 0.3) is 78.4 Å². The minimum absolute atomic E-state index is 0.630. The van der Waals surface area contributed by atoms with Gasteiger partial charge in [-0.3, -0.25) is 4.57 Å². The van der Waals surface area contributed by atoms with Gasteiger partial charge >= 0.3 is 0 Å². The third-order valence-corrected chi connectivity index (χ3v) is 8.47. The van der Waals surface area contributed by atoms with Gasteiger partial charge in [-0.25, -0.2) is 19.9 Å². The van der Waals surface area contributed by atoms with E-state index < -0.39 is 0 Å². The summed E-state index contributed by atoms with van der Waals surface area (Å²) in [7, 11) is 0. The molecule has 9 aromatic rings. The van der Waals surface area contributed by atoms with Gasteiger partial charge in [0.15, 0.2) is 17.5 Å². The summed E-state index contributed by atoms with van der Waals surface area (Å²) in [5.41, 5.74) is 9.17. The number of rotatable bonds is 5. The zero-order valence-electron chi connectivity index (χ0n) is 24.7. The standard InChI is InChI=1S/C40H26N6/c1-4-12-27(13-5-1)38-42-39(28-14-6-2-7-15-28)44-40(43-38)29-20-22-31(23-21-29)46-34-19-11-10-18-32(34)33-24-25-35-36(37(33)46)41-26-45(35)30-16-8-3-9-17-30/h1-26H. The lowest BCUT2D eigenvalue weighted by atomic mass is 10.1. The van der Waals surface area contributed by atoms with Crippen molar-refractivity contribution < 1.29 is 0 Å². The van der Waals surface area contributed by atoms with E-state index in [1.165, 1.54) is 10.8 Å². The van der Waals surface area contributed by atoms with E-state index in [2.05, 4.69) is 94.1 Å². The number of hydrogen-bond donors (Lipinski definition) is 0. The number of para-hydroxylation sites is 2. The van der Waals surface area contributed by atoms with Crippen molar-refractivity contribution in [1.29, 1.82) is 0 Å². The summed E-state index contributed by atoms with van der Waals surface area (Å²) in [6, 6.07) is 51.9. The van der Waals surface area contributed by atoms with Gasteiger partial charge in [0.05, 0.1) is 16.6 Å². The lowest BCUT2D eigenvalue weighted by molar-refractivity contribution is 1.07. The highest BCUT2D eigenvalue weighted by molar-refractivity contribution is 6.17. The van der Waals surface area contributed by atoms with E-state index in [9.17, 15) is 0 Å². The fourth-order valence-electron chi connectivity index (χ4n) is 6.29. The molecule has 0 aliphatic carbocycles. The second-order valence-corrected chi connectivity index (χ2v) is 11.2. The molecule has 0 bridgehead atoms. The van der Waals surface area contributed by atoms with Gasteiger partial charge < -0.3 is 4.57 Å². The zero-order chi connectivity index (χ0) is 30.5. The third kappa shape index (κ3) is 4.27. The van der Waals surface area contributed by atoms with E-state index >= 15 is 0 Å². The van der Waals surface area contributed by atoms with Crippen LogP contribution in [0.15, 0.2) is 158 Å². The maximum Gasteiger partial charge on any atom is 0.164 e.